The lowest BCUT2D eigenvalue weighted by Crippen LogP contribution is -1.96. The molecule has 1 aromatic rings. The highest BCUT2D eigenvalue weighted by Gasteiger charge is 2.00. The van der Waals surface area contributed by atoms with Crippen LogP contribution in [0.3, 0.4) is 0 Å². The van der Waals surface area contributed by atoms with E-state index in [1.54, 1.807) is 0 Å². The molecule has 0 fully saturated rings. The monoisotopic (exact) mass is 306 g/mol. The van der Waals surface area contributed by atoms with Crippen LogP contribution in [0, 0.1) is 0 Å². The molecular weight excluding hydrogens is 296 g/mol. The molecule has 0 radical (unpaired) electrons. The Morgan fingerprint density at radius 3 is 2.69 bits per heavy atom. The van der Waals surface area contributed by atoms with Gasteiger partial charge < -0.3 is 4.74 Å². The molecule has 13 heavy (non-hydrogen) atoms. The van der Waals surface area contributed by atoms with E-state index >= 15 is 0 Å². The van der Waals surface area contributed by atoms with Crippen molar-refractivity contribution in [3.05, 3.63) is 27.1 Å². The van der Waals surface area contributed by atoms with Gasteiger partial charge in [-0.25, -0.2) is 0 Å². The van der Waals surface area contributed by atoms with Crippen LogP contribution in [-0.4, -0.2) is 6.61 Å². The van der Waals surface area contributed by atoms with Gasteiger partial charge in [0, 0.05) is 4.47 Å². The Kier molecular flexibility index (Phi) is 4.81. The summed E-state index contributed by atoms with van der Waals surface area (Å²) < 4.78 is 7.62. The van der Waals surface area contributed by atoms with Crippen molar-refractivity contribution >= 4 is 31.9 Å². The Hall–Kier alpha value is -0.0200. The quantitative estimate of drug-likeness (QED) is 0.750. The highest BCUT2D eigenvalue weighted by molar-refractivity contribution is 9.11. The van der Waals surface area contributed by atoms with Crippen LogP contribution >= 0.6 is 31.9 Å². The highest BCUT2D eigenvalue weighted by atomic mass is 79.9. The number of ether oxygens (including phenoxy) is 1. The predicted molar refractivity (Wildman–Crippen MR) is 62.2 cm³/mol. The van der Waals surface area contributed by atoms with E-state index in [1.165, 1.54) is 0 Å². The summed E-state index contributed by atoms with van der Waals surface area (Å²) in [5.41, 5.74) is 0. The molecule has 0 bridgehead atoms. The van der Waals surface area contributed by atoms with Gasteiger partial charge in [-0.3, -0.25) is 0 Å². The van der Waals surface area contributed by atoms with Crippen molar-refractivity contribution in [2.75, 3.05) is 6.61 Å². The second-order valence-corrected chi connectivity index (χ2v) is 4.55. The van der Waals surface area contributed by atoms with Gasteiger partial charge >= 0.3 is 0 Å². The lowest BCUT2D eigenvalue weighted by molar-refractivity contribution is 0.307. The van der Waals surface area contributed by atoms with Crippen LogP contribution in [0.1, 0.15) is 19.8 Å². The summed E-state index contributed by atoms with van der Waals surface area (Å²) in [5, 5.41) is 0. The number of hydrogen-bond donors (Lipinski definition) is 0. The number of unbranched alkanes of at least 4 members (excludes halogenated alkanes) is 1. The lowest BCUT2D eigenvalue weighted by atomic mass is 10.3. The summed E-state index contributed by atoms with van der Waals surface area (Å²) in [7, 11) is 0. The molecule has 0 atom stereocenters. The maximum Gasteiger partial charge on any atom is 0.133 e. The van der Waals surface area contributed by atoms with Crippen LogP contribution in [0.5, 0.6) is 5.75 Å². The van der Waals surface area contributed by atoms with E-state index in [0.29, 0.717) is 0 Å². The Balaban J connectivity index is 2.56. The minimum Gasteiger partial charge on any atom is -0.492 e. The Bertz CT molecular complexity index is 274. The van der Waals surface area contributed by atoms with Gasteiger partial charge in [0.1, 0.15) is 5.75 Å². The fourth-order valence-electron chi connectivity index (χ4n) is 0.919. The van der Waals surface area contributed by atoms with Gasteiger partial charge in [-0.15, -0.1) is 0 Å². The first-order chi connectivity index (χ1) is 6.24. The third kappa shape index (κ3) is 3.69. The largest absolute Gasteiger partial charge is 0.492 e. The van der Waals surface area contributed by atoms with E-state index in [1.807, 2.05) is 18.2 Å². The van der Waals surface area contributed by atoms with Crippen molar-refractivity contribution in [1.29, 1.82) is 0 Å². The second kappa shape index (κ2) is 5.66. The summed E-state index contributed by atoms with van der Waals surface area (Å²) in [4.78, 5) is 0. The fraction of sp³-hybridized carbons (Fsp3) is 0.400. The van der Waals surface area contributed by atoms with E-state index < -0.39 is 0 Å². The van der Waals surface area contributed by atoms with Crippen molar-refractivity contribution in [2.24, 2.45) is 0 Å². The first-order valence-corrected chi connectivity index (χ1v) is 5.90. The van der Waals surface area contributed by atoms with E-state index in [0.717, 1.165) is 34.1 Å². The zero-order valence-electron chi connectivity index (χ0n) is 7.52. The highest BCUT2D eigenvalue weighted by Crippen LogP contribution is 2.28. The minimum absolute atomic E-state index is 0.788. The van der Waals surface area contributed by atoms with Crippen LogP contribution in [0.15, 0.2) is 27.1 Å². The molecule has 0 spiro atoms. The van der Waals surface area contributed by atoms with Gasteiger partial charge in [0.05, 0.1) is 11.1 Å². The second-order valence-electron chi connectivity index (χ2n) is 2.78. The standard InChI is InChI=1S/C10H12Br2O/c1-2-3-6-13-10-5-4-8(11)7-9(10)12/h4-5,7H,2-3,6H2,1H3. The maximum absolute atomic E-state index is 5.56. The summed E-state index contributed by atoms with van der Waals surface area (Å²) in [6.07, 6.45) is 2.26. The zero-order valence-corrected chi connectivity index (χ0v) is 10.7. The molecule has 1 nitrogen and oxygen atoms in total. The van der Waals surface area contributed by atoms with Gasteiger partial charge in [-0.1, -0.05) is 29.3 Å². The van der Waals surface area contributed by atoms with Crippen LogP contribution in [0.2, 0.25) is 0 Å². The smallest absolute Gasteiger partial charge is 0.133 e. The molecule has 0 aliphatic rings. The van der Waals surface area contributed by atoms with E-state index in [4.69, 9.17) is 4.74 Å². The van der Waals surface area contributed by atoms with E-state index in [9.17, 15) is 0 Å². The van der Waals surface area contributed by atoms with Crippen LogP contribution in [0.25, 0.3) is 0 Å². The topological polar surface area (TPSA) is 9.23 Å². The Morgan fingerprint density at radius 2 is 2.08 bits per heavy atom. The minimum atomic E-state index is 0.788. The molecular formula is C10H12Br2O. The van der Waals surface area contributed by atoms with Crippen LogP contribution in [0.4, 0.5) is 0 Å². The summed E-state index contributed by atoms with van der Waals surface area (Å²) in [5.74, 6) is 0.914. The lowest BCUT2D eigenvalue weighted by Gasteiger charge is -2.07. The molecule has 0 aliphatic heterocycles. The van der Waals surface area contributed by atoms with Gasteiger partial charge in [0.25, 0.3) is 0 Å². The average Bonchev–Trinajstić information content (AvgIpc) is 2.09. The third-order valence-corrected chi connectivity index (χ3v) is 2.76. The van der Waals surface area contributed by atoms with Crippen LogP contribution in [-0.2, 0) is 0 Å². The predicted octanol–water partition coefficient (Wildman–Crippen LogP) is 4.39. The molecule has 0 amide bonds. The van der Waals surface area contributed by atoms with Gasteiger partial charge in [-0.05, 0) is 40.5 Å². The molecule has 3 heteroatoms. The fourth-order valence-corrected chi connectivity index (χ4v) is 2.08. The normalized spacial score (nSPS) is 10.1. The SMILES string of the molecule is CCCCOc1ccc(Br)cc1Br. The molecule has 0 saturated heterocycles. The molecule has 0 N–H and O–H groups in total. The summed E-state index contributed by atoms with van der Waals surface area (Å²) >= 11 is 6.84. The molecule has 1 rings (SSSR count). The molecule has 1 aromatic carbocycles. The molecule has 0 heterocycles. The Morgan fingerprint density at radius 1 is 1.31 bits per heavy atom. The van der Waals surface area contributed by atoms with Gasteiger partial charge in [-0.2, -0.15) is 0 Å². The third-order valence-electron chi connectivity index (χ3n) is 1.65. The van der Waals surface area contributed by atoms with Crippen molar-refractivity contribution in [2.45, 2.75) is 19.8 Å². The van der Waals surface area contributed by atoms with Crippen molar-refractivity contribution < 1.29 is 4.74 Å². The van der Waals surface area contributed by atoms with Gasteiger partial charge in [0.15, 0.2) is 0 Å². The number of halogens is 2. The van der Waals surface area contributed by atoms with Gasteiger partial charge in [0.2, 0.25) is 0 Å². The Labute approximate surface area is 95.7 Å². The number of benzene rings is 1. The van der Waals surface area contributed by atoms with Crippen molar-refractivity contribution in [3.8, 4) is 5.75 Å². The summed E-state index contributed by atoms with van der Waals surface area (Å²) in [6, 6.07) is 5.93. The average molecular weight is 308 g/mol. The van der Waals surface area contributed by atoms with E-state index in [2.05, 4.69) is 38.8 Å². The first kappa shape index (κ1) is 11.1. The van der Waals surface area contributed by atoms with Crippen LogP contribution < -0.4 is 4.74 Å². The molecule has 0 unspecified atom stereocenters. The molecule has 0 aliphatic carbocycles. The summed E-state index contributed by atoms with van der Waals surface area (Å²) in [6.45, 7) is 2.94. The van der Waals surface area contributed by atoms with Crippen molar-refractivity contribution in [1.82, 2.24) is 0 Å². The van der Waals surface area contributed by atoms with Crippen molar-refractivity contribution in [3.63, 3.8) is 0 Å². The maximum atomic E-state index is 5.56. The molecule has 72 valence electrons. The number of hydrogen-bond acceptors (Lipinski definition) is 1. The zero-order chi connectivity index (χ0) is 9.68. The molecule has 0 saturated carbocycles. The van der Waals surface area contributed by atoms with E-state index in [-0.39, 0.29) is 0 Å². The first-order valence-electron chi connectivity index (χ1n) is 4.32. The number of rotatable bonds is 4. The molecule has 0 aromatic heterocycles.